The summed E-state index contributed by atoms with van der Waals surface area (Å²) in [7, 11) is 0. The molecular weight excluding hydrogens is 328 g/mol. The minimum Gasteiger partial charge on any atom is -0.388 e. The van der Waals surface area contributed by atoms with E-state index in [1.165, 1.54) is 50.5 Å². The first kappa shape index (κ1) is 20.6. The van der Waals surface area contributed by atoms with E-state index in [0.29, 0.717) is 5.41 Å². The molecule has 0 heterocycles. The molecule has 150 valence electrons. The Balaban J connectivity index is 1.69. The molecule has 1 N–H and O–H groups in total. The van der Waals surface area contributed by atoms with Crippen LogP contribution in [0, 0.1) is 23.2 Å². The van der Waals surface area contributed by atoms with Crippen LogP contribution in [0.15, 0.2) is 47.6 Å². The zero-order valence-corrected chi connectivity index (χ0v) is 17.8. The van der Waals surface area contributed by atoms with Gasteiger partial charge in [0.1, 0.15) is 0 Å². The summed E-state index contributed by atoms with van der Waals surface area (Å²) in [5, 5.41) is 10.1. The van der Waals surface area contributed by atoms with Crippen LogP contribution in [0.1, 0.15) is 85.0 Å². The van der Waals surface area contributed by atoms with Gasteiger partial charge in [0.25, 0.3) is 0 Å². The molecule has 0 aliphatic heterocycles. The highest BCUT2D eigenvalue weighted by atomic mass is 16.3. The first-order valence-electron chi connectivity index (χ1n) is 11.3. The number of allylic oxidation sites excluding steroid dienone is 5. The van der Waals surface area contributed by atoms with Gasteiger partial charge in [-0.05, 0) is 98.5 Å². The highest BCUT2D eigenvalue weighted by molar-refractivity contribution is 5.37. The Morgan fingerprint density at radius 3 is 2.70 bits per heavy atom. The monoisotopic (exact) mass is 368 g/mol. The number of hydrogen-bond donors (Lipinski definition) is 1. The standard InChI is InChI=1S/C26H40O/c1-19(2)9-5-6-12-23-16-17-24-22(11-8-18-26(23,24)4)15-14-21-10-7-13-25(27)20(21)3/h5-6,14-15,19,23-25,27H,3,7-13,16-18H2,1-2,4H3/b6-5+,21-14-,22-15+. The van der Waals surface area contributed by atoms with Crippen molar-refractivity contribution in [2.24, 2.45) is 23.2 Å². The van der Waals surface area contributed by atoms with Crippen molar-refractivity contribution < 1.29 is 5.11 Å². The molecule has 3 aliphatic carbocycles. The van der Waals surface area contributed by atoms with E-state index in [1.807, 2.05) is 0 Å². The first-order chi connectivity index (χ1) is 12.9. The van der Waals surface area contributed by atoms with E-state index < -0.39 is 0 Å². The highest BCUT2D eigenvalue weighted by Crippen LogP contribution is 2.58. The lowest BCUT2D eigenvalue weighted by Crippen LogP contribution is -2.33. The summed E-state index contributed by atoms with van der Waals surface area (Å²) >= 11 is 0. The van der Waals surface area contributed by atoms with Gasteiger partial charge in [0.15, 0.2) is 0 Å². The van der Waals surface area contributed by atoms with Gasteiger partial charge < -0.3 is 5.11 Å². The molecule has 0 aromatic rings. The third kappa shape index (κ3) is 4.67. The summed E-state index contributed by atoms with van der Waals surface area (Å²) in [5.74, 6) is 2.36. The van der Waals surface area contributed by atoms with Crippen molar-refractivity contribution in [3.05, 3.63) is 47.6 Å². The lowest BCUT2D eigenvalue weighted by Gasteiger charge is -2.42. The van der Waals surface area contributed by atoms with Crippen molar-refractivity contribution in [3.63, 3.8) is 0 Å². The van der Waals surface area contributed by atoms with Crippen LogP contribution in [-0.2, 0) is 0 Å². The molecule has 0 radical (unpaired) electrons. The normalized spacial score (nSPS) is 37.7. The topological polar surface area (TPSA) is 20.2 Å². The summed E-state index contributed by atoms with van der Waals surface area (Å²) in [4.78, 5) is 0. The molecule has 1 heteroatoms. The Bertz CT molecular complexity index is 620. The summed E-state index contributed by atoms with van der Waals surface area (Å²) in [6.07, 6.45) is 21.5. The Kier molecular flexibility index (Phi) is 6.84. The molecule has 3 rings (SSSR count). The van der Waals surface area contributed by atoms with Crippen LogP contribution in [0.3, 0.4) is 0 Å². The summed E-state index contributed by atoms with van der Waals surface area (Å²) in [6.45, 7) is 11.3. The average Bonchev–Trinajstić information content (AvgIpc) is 2.96. The van der Waals surface area contributed by atoms with Crippen molar-refractivity contribution in [2.75, 3.05) is 0 Å². The van der Waals surface area contributed by atoms with Crippen LogP contribution in [0.5, 0.6) is 0 Å². The van der Waals surface area contributed by atoms with Gasteiger partial charge in [-0.3, -0.25) is 0 Å². The van der Waals surface area contributed by atoms with E-state index in [9.17, 15) is 5.11 Å². The van der Waals surface area contributed by atoms with Gasteiger partial charge in [0, 0.05) is 0 Å². The number of fused-ring (bicyclic) bond motifs is 1. The minimum absolute atomic E-state index is 0.325. The first-order valence-corrected chi connectivity index (χ1v) is 11.3. The van der Waals surface area contributed by atoms with Crippen LogP contribution in [0.2, 0.25) is 0 Å². The van der Waals surface area contributed by atoms with E-state index in [0.717, 1.165) is 42.6 Å². The Hall–Kier alpha value is -1.08. The van der Waals surface area contributed by atoms with Gasteiger partial charge in [-0.2, -0.15) is 0 Å². The second-order valence-corrected chi connectivity index (χ2v) is 9.89. The molecule has 0 saturated heterocycles. The van der Waals surface area contributed by atoms with Crippen LogP contribution in [0.4, 0.5) is 0 Å². The number of hydrogen-bond acceptors (Lipinski definition) is 1. The molecule has 3 saturated carbocycles. The van der Waals surface area contributed by atoms with Crippen molar-refractivity contribution in [2.45, 2.75) is 91.1 Å². The van der Waals surface area contributed by atoms with E-state index >= 15 is 0 Å². The molecule has 4 atom stereocenters. The molecule has 0 aromatic heterocycles. The lowest BCUT2D eigenvalue weighted by molar-refractivity contribution is 0.137. The molecule has 3 fully saturated rings. The van der Waals surface area contributed by atoms with Crippen molar-refractivity contribution >= 4 is 0 Å². The second kappa shape index (κ2) is 8.95. The second-order valence-electron chi connectivity index (χ2n) is 9.89. The predicted molar refractivity (Wildman–Crippen MR) is 117 cm³/mol. The summed E-state index contributed by atoms with van der Waals surface area (Å²) in [5.41, 5.74) is 4.38. The quantitative estimate of drug-likeness (QED) is 0.511. The van der Waals surface area contributed by atoms with Gasteiger partial charge in [-0.15, -0.1) is 0 Å². The fourth-order valence-corrected chi connectivity index (χ4v) is 5.79. The van der Waals surface area contributed by atoms with E-state index in [1.54, 1.807) is 5.57 Å². The average molecular weight is 369 g/mol. The predicted octanol–water partition coefficient (Wildman–Crippen LogP) is 7.15. The lowest BCUT2D eigenvalue weighted by atomic mass is 9.63. The maximum absolute atomic E-state index is 10.1. The third-order valence-corrected chi connectivity index (χ3v) is 7.59. The van der Waals surface area contributed by atoms with E-state index in [-0.39, 0.29) is 6.10 Å². The van der Waals surface area contributed by atoms with Gasteiger partial charge in [0.05, 0.1) is 6.10 Å². The summed E-state index contributed by atoms with van der Waals surface area (Å²) in [6, 6.07) is 0. The van der Waals surface area contributed by atoms with Crippen LogP contribution in [0.25, 0.3) is 0 Å². The fourth-order valence-electron chi connectivity index (χ4n) is 5.79. The molecule has 0 aromatic carbocycles. The maximum Gasteiger partial charge on any atom is 0.0787 e. The largest absolute Gasteiger partial charge is 0.388 e. The zero-order chi connectivity index (χ0) is 19.4. The molecule has 3 aliphatic rings. The Morgan fingerprint density at radius 1 is 1.11 bits per heavy atom. The molecule has 4 unspecified atom stereocenters. The smallest absolute Gasteiger partial charge is 0.0787 e. The van der Waals surface area contributed by atoms with Gasteiger partial charge in [0.2, 0.25) is 0 Å². The van der Waals surface area contributed by atoms with Gasteiger partial charge >= 0.3 is 0 Å². The van der Waals surface area contributed by atoms with Crippen LogP contribution < -0.4 is 0 Å². The van der Waals surface area contributed by atoms with Crippen molar-refractivity contribution in [1.82, 2.24) is 0 Å². The van der Waals surface area contributed by atoms with Crippen molar-refractivity contribution in [1.29, 1.82) is 0 Å². The fraction of sp³-hybridized carbons (Fsp3) is 0.692. The summed E-state index contributed by atoms with van der Waals surface area (Å²) < 4.78 is 0. The number of aliphatic hydroxyl groups is 1. The molecular formula is C26H40O. The molecule has 27 heavy (non-hydrogen) atoms. The zero-order valence-electron chi connectivity index (χ0n) is 17.8. The highest BCUT2D eigenvalue weighted by Gasteiger charge is 2.48. The molecule has 0 spiro atoms. The molecule has 1 nitrogen and oxygen atoms in total. The van der Waals surface area contributed by atoms with Crippen LogP contribution in [-0.4, -0.2) is 11.2 Å². The SMILES string of the molecule is C=C1/C(=C\C=C2/CCCC3(C)C(C/C=C/CC(C)C)CCC23)CCCC1O. The maximum atomic E-state index is 10.1. The molecule has 0 amide bonds. The minimum atomic E-state index is -0.325. The Morgan fingerprint density at radius 2 is 1.93 bits per heavy atom. The van der Waals surface area contributed by atoms with E-state index in [4.69, 9.17) is 0 Å². The van der Waals surface area contributed by atoms with Crippen LogP contribution >= 0.6 is 0 Å². The number of rotatable bonds is 5. The third-order valence-electron chi connectivity index (χ3n) is 7.59. The van der Waals surface area contributed by atoms with Gasteiger partial charge in [-0.1, -0.05) is 57.2 Å². The molecule has 0 bridgehead atoms. The number of aliphatic hydroxyl groups excluding tert-OH is 1. The Labute approximate surface area is 167 Å². The van der Waals surface area contributed by atoms with Gasteiger partial charge in [-0.25, -0.2) is 0 Å². The van der Waals surface area contributed by atoms with E-state index in [2.05, 4.69) is 51.7 Å². The van der Waals surface area contributed by atoms with Crippen molar-refractivity contribution in [3.8, 4) is 0 Å².